The van der Waals surface area contributed by atoms with Gasteiger partial charge in [0.2, 0.25) is 11.8 Å². The molecule has 47 heavy (non-hydrogen) atoms. The van der Waals surface area contributed by atoms with Gasteiger partial charge in [-0.2, -0.15) is 0 Å². The number of amides is 5. The Kier molecular flexibility index (Phi) is 10.2. The second-order valence-electron chi connectivity index (χ2n) is 12.4. The molecule has 2 heterocycles. The van der Waals surface area contributed by atoms with Gasteiger partial charge in [-0.25, -0.2) is 14.5 Å². The number of benzene rings is 3. The van der Waals surface area contributed by atoms with Crippen LogP contribution in [-0.4, -0.2) is 60.6 Å². The van der Waals surface area contributed by atoms with Crippen LogP contribution in [0, 0.1) is 5.92 Å². The second kappa shape index (κ2) is 15.0. The molecule has 11 heteroatoms. The fraction of sp³-hybridized carbons (Fsp3) is 0.389. The summed E-state index contributed by atoms with van der Waals surface area (Å²) in [7, 11) is 0. The van der Waals surface area contributed by atoms with Crippen molar-refractivity contribution in [2.45, 2.75) is 63.7 Å². The Bertz CT molecular complexity index is 1540. The maximum absolute atomic E-state index is 13.0. The van der Waals surface area contributed by atoms with E-state index in [9.17, 15) is 19.2 Å². The molecule has 3 N–H and O–H groups in total. The van der Waals surface area contributed by atoms with Crippen LogP contribution in [-0.2, 0) is 20.9 Å². The smallest absolute Gasteiger partial charge is 0.417 e. The number of carbonyl (C=O) groups excluding carboxylic acids is 4. The third-order valence-electron chi connectivity index (χ3n) is 8.97. The Balaban J connectivity index is 0.926. The van der Waals surface area contributed by atoms with Gasteiger partial charge in [0.15, 0.2) is 0 Å². The lowest BCUT2D eigenvalue weighted by Gasteiger charge is -2.23. The van der Waals surface area contributed by atoms with Crippen LogP contribution in [0.4, 0.5) is 26.7 Å². The molecule has 1 aliphatic carbocycles. The summed E-state index contributed by atoms with van der Waals surface area (Å²) in [6.45, 7) is 2.06. The van der Waals surface area contributed by atoms with Crippen LogP contribution >= 0.6 is 0 Å². The number of rotatable bonds is 10. The molecule has 0 spiro atoms. The highest BCUT2D eigenvalue weighted by molar-refractivity contribution is 6.01. The first kappa shape index (κ1) is 31.9. The van der Waals surface area contributed by atoms with E-state index in [0.717, 1.165) is 54.3 Å². The van der Waals surface area contributed by atoms with Crippen LogP contribution in [0.5, 0.6) is 5.75 Å². The fourth-order valence-corrected chi connectivity index (χ4v) is 6.41. The number of nitrogens with zero attached hydrogens (tertiary/aromatic N) is 2. The molecular weight excluding hydrogens is 598 g/mol. The van der Waals surface area contributed by atoms with E-state index >= 15 is 0 Å². The number of hydrogen-bond donors (Lipinski definition) is 3. The van der Waals surface area contributed by atoms with Crippen molar-refractivity contribution in [3.63, 3.8) is 0 Å². The van der Waals surface area contributed by atoms with Gasteiger partial charge >= 0.3 is 12.1 Å². The van der Waals surface area contributed by atoms with Crippen molar-refractivity contribution >= 4 is 41.0 Å². The molecular formula is C36H41N5O6. The average Bonchev–Trinajstić information content (AvgIpc) is 3.86. The number of nitrogens with one attached hydrogen (secondary N) is 3. The van der Waals surface area contributed by atoms with Gasteiger partial charge in [-0.15, -0.1) is 0 Å². The van der Waals surface area contributed by atoms with Crippen LogP contribution in [0.15, 0.2) is 78.9 Å². The van der Waals surface area contributed by atoms with E-state index < -0.39 is 18.0 Å². The predicted octanol–water partition coefficient (Wildman–Crippen LogP) is 5.92. The molecule has 0 aromatic heterocycles. The third kappa shape index (κ3) is 8.41. The third-order valence-corrected chi connectivity index (χ3v) is 8.97. The Labute approximate surface area is 274 Å². The molecule has 0 radical (unpaired) electrons. The predicted molar refractivity (Wildman–Crippen MR) is 178 cm³/mol. The fourth-order valence-electron chi connectivity index (χ4n) is 6.41. The summed E-state index contributed by atoms with van der Waals surface area (Å²) in [4.78, 5) is 53.9. The van der Waals surface area contributed by atoms with Crippen molar-refractivity contribution < 1.29 is 28.7 Å². The van der Waals surface area contributed by atoms with E-state index in [1.54, 1.807) is 0 Å². The maximum atomic E-state index is 13.0. The van der Waals surface area contributed by atoms with Crippen molar-refractivity contribution in [1.82, 2.24) is 10.2 Å². The minimum Gasteiger partial charge on any atom is -0.490 e. The molecule has 246 valence electrons. The van der Waals surface area contributed by atoms with E-state index in [-0.39, 0.29) is 43.4 Å². The molecule has 2 saturated heterocycles. The highest BCUT2D eigenvalue weighted by atomic mass is 16.6. The first-order valence-electron chi connectivity index (χ1n) is 16.4. The van der Waals surface area contributed by atoms with Crippen LogP contribution in [0.1, 0.15) is 50.5 Å². The lowest BCUT2D eigenvalue weighted by Crippen LogP contribution is -2.48. The standard InChI is InChI=1S/C36H41N5O6/c42-33-19-18-32(41(33)36(45)46-24-25-6-2-1-3-7-25)34(43)37-22-26-20-21-40(23-26)29-14-10-27(11-15-29)38-35(44)39-28-12-16-31(17-13-28)47-30-8-4-5-9-30/h1-3,6-7,10-17,26,30,32H,4-5,8-9,18-24H2,(H,37,43)(H2,38,39,44)/t26?,32-/m0/s1. The summed E-state index contributed by atoms with van der Waals surface area (Å²) < 4.78 is 11.3. The largest absolute Gasteiger partial charge is 0.490 e. The van der Waals surface area contributed by atoms with Gasteiger partial charge in [-0.3, -0.25) is 9.59 Å². The minimum atomic E-state index is -0.865. The van der Waals surface area contributed by atoms with Crippen molar-refractivity contribution in [2.24, 2.45) is 5.92 Å². The molecule has 2 aliphatic heterocycles. The Morgan fingerprint density at radius 3 is 2.19 bits per heavy atom. The molecule has 0 bridgehead atoms. The number of hydrogen-bond acceptors (Lipinski definition) is 7. The number of imide groups is 1. The number of ether oxygens (including phenoxy) is 2. The molecule has 11 nitrogen and oxygen atoms in total. The van der Waals surface area contributed by atoms with Gasteiger partial charge in [0, 0.05) is 43.1 Å². The molecule has 3 aromatic rings. The highest BCUT2D eigenvalue weighted by Gasteiger charge is 2.41. The van der Waals surface area contributed by atoms with Gasteiger partial charge < -0.3 is 30.3 Å². The molecule has 3 fully saturated rings. The van der Waals surface area contributed by atoms with Crippen LogP contribution < -0.4 is 25.6 Å². The SMILES string of the molecule is O=C(Nc1ccc(OC2CCCC2)cc1)Nc1ccc(N2CCC(CNC(=O)[C@@H]3CCC(=O)N3C(=O)OCc3ccccc3)C2)cc1. The van der Waals surface area contributed by atoms with Crippen molar-refractivity contribution in [3.05, 3.63) is 84.4 Å². The van der Waals surface area contributed by atoms with Crippen LogP contribution in [0.25, 0.3) is 0 Å². The molecule has 6 rings (SSSR count). The van der Waals surface area contributed by atoms with Gasteiger partial charge in [0.1, 0.15) is 18.4 Å². The molecule has 5 amide bonds. The molecule has 1 saturated carbocycles. The number of likely N-dealkylation sites (tertiary alicyclic amines) is 1. The topological polar surface area (TPSA) is 129 Å². The molecule has 3 aromatic carbocycles. The minimum absolute atomic E-state index is 0.0325. The lowest BCUT2D eigenvalue weighted by atomic mass is 10.1. The number of carbonyl (C=O) groups is 4. The number of anilines is 3. The van der Waals surface area contributed by atoms with Gasteiger partial charge in [-0.05, 0) is 98.5 Å². The monoisotopic (exact) mass is 639 g/mol. The van der Waals surface area contributed by atoms with Gasteiger partial charge in [0.25, 0.3) is 0 Å². The average molecular weight is 640 g/mol. The Hall–Kier alpha value is -5.06. The number of urea groups is 1. The van der Waals surface area contributed by atoms with Crippen molar-refractivity contribution in [3.8, 4) is 5.75 Å². The zero-order chi connectivity index (χ0) is 32.6. The molecule has 1 unspecified atom stereocenters. The van der Waals surface area contributed by atoms with Crippen LogP contribution in [0.3, 0.4) is 0 Å². The summed E-state index contributed by atoms with van der Waals surface area (Å²) in [5.41, 5.74) is 3.19. The summed E-state index contributed by atoms with van der Waals surface area (Å²) in [5, 5.41) is 8.69. The Morgan fingerprint density at radius 2 is 1.49 bits per heavy atom. The van der Waals surface area contributed by atoms with E-state index in [1.807, 2.05) is 78.9 Å². The quantitative estimate of drug-likeness (QED) is 0.251. The zero-order valence-corrected chi connectivity index (χ0v) is 26.4. The molecule has 2 atom stereocenters. The normalized spacial score (nSPS) is 19.4. The highest BCUT2D eigenvalue weighted by Crippen LogP contribution is 2.27. The van der Waals surface area contributed by atoms with E-state index in [0.29, 0.717) is 17.9 Å². The summed E-state index contributed by atoms with van der Waals surface area (Å²) in [6, 6.07) is 23.1. The summed E-state index contributed by atoms with van der Waals surface area (Å²) in [5.74, 6) is 0.295. The van der Waals surface area contributed by atoms with E-state index in [2.05, 4.69) is 20.9 Å². The first-order valence-corrected chi connectivity index (χ1v) is 16.4. The maximum Gasteiger partial charge on any atom is 0.417 e. The second-order valence-corrected chi connectivity index (χ2v) is 12.4. The van der Waals surface area contributed by atoms with Gasteiger partial charge in [0.05, 0.1) is 6.10 Å². The van der Waals surface area contributed by atoms with Gasteiger partial charge in [-0.1, -0.05) is 30.3 Å². The summed E-state index contributed by atoms with van der Waals surface area (Å²) in [6.07, 6.45) is 5.41. The lowest BCUT2D eigenvalue weighted by molar-refractivity contribution is -0.133. The van der Waals surface area contributed by atoms with Crippen molar-refractivity contribution in [2.75, 3.05) is 35.2 Å². The first-order chi connectivity index (χ1) is 22.9. The Morgan fingerprint density at radius 1 is 0.809 bits per heavy atom. The van der Waals surface area contributed by atoms with E-state index in [4.69, 9.17) is 9.47 Å². The zero-order valence-electron chi connectivity index (χ0n) is 26.4. The van der Waals surface area contributed by atoms with E-state index in [1.165, 1.54) is 12.8 Å². The summed E-state index contributed by atoms with van der Waals surface area (Å²) >= 11 is 0. The molecule has 3 aliphatic rings. The van der Waals surface area contributed by atoms with Crippen LogP contribution in [0.2, 0.25) is 0 Å². The van der Waals surface area contributed by atoms with Crippen molar-refractivity contribution in [1.29, 1.82) is 0 Å².